The largest absolute Gasteiger partial charge is 0.347 e. The summed E-state index contributed by atoms with van der Waals surface area (Å²) < 4.78 is 30.8. The van der Waals surface area contributed by atoms with Gasteiger partial charge in [0.15, 0.2) is 0 Å². The summed E-state index contributed by atoms with van der Waals surface area (Å²) in [6, 6.07) is 4.81. The average molecular weight is 357 g/mol. The van der Waals surface area contributed by atoms with E-state index >= 15 is 0 Å². The second-order valence-corrected chi connectivity index (χ2v) is 8.77. The van der Waals surface area contributed by atoms with Crippen LogP contribution in [0.4, 0.5) is 0 Å². The minimum Gasteiger partial charge on any atom is -0.347 e. The highest BCUT2D eigenvalue weighted by Crippen LogP contribution is 2.24. The van der Waals surface area contributed by atoms with E-state index in [0.717, 1.165) is 12.8 Å². The SMILES string of the molecule is O=C(N[C@@H]1CCCN(S(=O)(=O)c2cccs2)C1)c1ccsn1. The van der Waals surface area contributed by atoms with Crippen molar-refractivity contribution in [3.05, 3.63) is 34.7 Å². The first-order valence-corrected chi connectivity index (χ1v) is 9.98. The van der Waals surface area contributed by atoms with Crippen LogP contribution in [0.25, 0.3) is 0 Å². The number of aromatic nitrogens is 1. The van der Waals surface area contributed by atoms with Crippen molar-refractivity contribution in [3.63, 3.8) is 0 Å². The van der Waals surface area contributed by atoms with E-state index in [-0.39, 0.29) is 11.9 Å². The average Bonchev–Trinajstić information content (AvgIpc) is 3.21. The monoisotopic (exact) mass is 357 g/mol. The maximum atomic E-state index is 12.5. The van der Waals surface area contributed by atoms with Crippen molar-refractivity contribution >= 4 is 38.8 Å². The van der Waals surface area contributed by atoms with Crippen LogP contribution in [-0.4, -0.2) is 42.1 Å². The first-order chi connectivity index (χ1) is 10.6. The fourth-order valence-electron chi connectivity index (χ4n) is 2.41. The Morgan fingerprint density at radius 1 is 1.36 bits per heavy atom. The van der Waals surface area contributed by atoms with Gasteiger partial charge in [-0.25, -0.2) is 8.42 Å². The van der Waals surface area contributed by atoms with Crippen molar-refractivity contribution in [1.29, 1.82) is 0 Å². The Labute approximate surface area is 137 Å². The molecule has 3 heterocycles. The summed E-state index contributed by atoms with van der Waals surface area (Å²) in [4.78, 5) is 12.0. The zero-order valence-corrected chi connectivity index (χ0v) is 14.1. The van der Waals surface area contributed by atoms with E-state index in [0.29, 0.717) is 23.0 Å². The second-order valence-electron chi connectivity index (χ2n) is 4.99. The molecule has 22 heavy (non-hydrogen) atoms. The quantitative estimate of drug-likeness (QED) is 0.905. The topological polar surface area (TPSA) is 79.4 Å². The fraction of sp³-hybridized carbons (Fsp3) is 0.385. The Kier molecular flexibility index (Phi) is 4.57. The molecule has 0 radical (unpaired) electrons. The first kappa shape index (κ1) is 15.6. The van der Waals surface area contributed by atoms with Crippen LogP contribution in [0.3, 0.4) is 0 Å². The predicted molar refractivity (Wildman–Crippen MR) is 85.7 cm³/mol. The van der Waals surface area contributed by atoms with Crippen molar-refractivity contribution in [2.75, 3.05) is 13.1 Å². The number of amides is 1. The van der Waals surface area contributed by atoms with E-state index in [1.165, 1.54) is 27.2 Å². The number of carbonyl (C=O) groups is 1. The van der Waals surface area contributed by atoms with Crippen LogP contribution in [0.1, 0.15) is 23.3 Å². The number of hydrogen-bond acceptors (Lipinski definition) is 6. The molecule has 118 valence electrons. The number of carbonyl (C=O) groups excluding carboxylic acids is 1. The van der Waals surface area contributed by atoms with E-state index < -0.39 is 10.0 Å². The van der Waals surface area contributed by atoms with E-state index in [9.17, 15) is 13.2 Å². The van der Waals surface area contributed by atoms with Crippen LogP contribution >= 0.6 is 22.9 Å². The molecule has 0 unspecified atom stereocenters. The lowest BCUT2D eigenvalue weighted by molar-refractivity contribution is 0.0917. The molecule has 9 heteroatoms. The zero-order chi connectivity index (χ0) is 15.6. The molecule has 6 nitrogen and oxygen atoms in total. The molecular weight excluding hydrogens is 342 g/mol. The smallest absolute Gasteiger partial charge is 0.271 e. The minimum atomic E-state index is -3.45. The summed E-state index contributed by atoms with van der Waals surface area (Å²) in [5.74, 6) is -0.248. The van der Waals surface area contributed by atoms with Gasteiger partial charge in [0.25, 0.3) is 15.9 Å². The van der Waals surface area contributed by atoms with Crippen molar-refractivity contribution in [2.45, 2.75) is 23.1 Å². The summed E-state index contributed by atoms with van der Waals surface area (Å²) >= 11 is 2.43. The molecule has 1 N–H and O–H groups in total. The van der Waals surface area contributed by atoms with Crippen LogP contribution in [0.5, 0.6) is 0 Å². The number of nitrogens with zero attached hydrogens (tertiary/aromatic N) is 2. The maximum Gasteiger partial charge on any atom is 0.271 e. The van der Waals surface area contributed by atoms with Crippen LogP contribution in [-0.2, 0) is 10.0 Å². The van der Waals surface area contributed by atoms with Gasteiger partial charge in [0, 0.05) is 24.5 Å². The molecule has 1 saturated heterocycles. The molecule has 0 aromatic carbocycles. The van der Waals surface area contributed by atoms with Crippen molar-refractivity contribution < 1.29 is 13.2 Å². The summed E-state index contributed by atoms with van der Waals surface area (Å²) in [5.41, 5.74) is 0.378. The third-order valence-electron chi connectivity index (χ3n) is 3.48. The molecule has 0 bridgehead atoms. The summed E-state index contributed by atoms with van der Waals surface area (Å²) in [7, 11) is -3.45. The second kappa shape index (κ2) is 6.45. The Hall–Kier alpha value is -1.29. The third-order valence-corrected chi connectivity index (χ3v) is 7.28. The van der Waals surface area contributed by atoms with Gasteiger partial charge in [-0.1, -0.05) is 6.07 Å². The molecule has 0 aliphatic carbocycles. The minimum absolute atomic E-state index is 0.183. The van der Waals surface area contributed by atoms with Gasteiger partial charge in [-0.05, 0) is 41.9 Å². The summed E-state index contributed by atoms with van der Waals surface area (Å²) in [6.45, 7) is 0.791. The van der Waals surface area contributed by atoms with Gasteiger partial charge in [-0.2, -0.15) is 8.68 Å². The Morgan fingerprint density at radius 3 is 2.91 bits per heavy atom. The number of nitrogens with one attached hydrogen (secondary N) is 1. The summed E-state index contributed by atoms with van der Waals surface area (Å²) in [6.07, 6.45) is 1.50. The van der Waals surface area contributed by atoms with Crippen LogP contribution in [0.15, 0.2) is 33.2 Å². The number of hydrogen-bond donors (Lipinski definition) is 1. The van der Waals surface area contributed by atoms with Crippen molar-refractivity contribution in [1.82, 2.24) is 14.0 Å². The van der Waals surface area contributed by atoms with Gasteiger partial charge in [0.05, 0.1) is 0 Å². The molecule has 2 aromatic heterocycles. The highest BCUT2D eigenvalue weighted by Gasteiger charge is 2.31. The van der Waals surface area contributed by atoms with Crippen molar-refractivity contribution in [3.8, 4) is 0 Å². The number of thiophene rings is 1. The third kappa shape index (κ3) is 3.22. The maximum absolute atomic E-state index is 12.5. The predicted octanol–water partition coefficient (Wildman–Crippen LogP) is 1.79. The standard InChI is InChI=1S/C13H15N3O3S3/c17-13(11-5-8-21-15-11)14-10-3-1-6-16(9-10)22(18,19)12-4-2-7-20-12/h2,4-5,7-8,10H,1,3,6,9H2,(H,14,17)/t10-/m1/s1. The Balaban J connectivity index is 1.68. The molecule has 0 spiro atoms. The van der Waals surface area contributed by atoms with Gasteiger partial charge in [0.1, 0.15) is 9.90 Å². The Bertz CT molecular complexity index is 726. The van der Waals surface area contributed by atoms with E-state index in [4.69, 9.17) is 0 Å². The number of rotatable bonds is 4. The molecule has 1 atom stereocenters. The van der Waals surface area contributed by atoms with Gasteiger partial charge >= 0.3 is 0 Å². The van der Waals surface area contributed by atoms with Crippen molar-refractivity contribution in [2.24, 2.45) is 0 Å². The number of sulfonamides is 1. The fourth-order valence-corrected chi connectivity index (χ4v) is 5.58. The zero-order valence-electron chi connectivity index (χ0n) is 11.6. The Morgan fingerprint density at radius 2 is 2.23 bits per heavy atom. The number of piperidine rings is 1. The van der Waals surface area contributed by atoms with E-state index in [1.54, 1.807) is 29.0 Å². The molecule has 1 aliphatic heterocycles. The molecule has 1 fully saturated rings. The van der Waals surface area contributed by atoms with Gasteiger partial charge < -0.3 is 5.32 Å². The lowest BCUT2D eigenvalue weighted by Gasteiger charge is -2.31. The molecular formula is C13H15N3O3S3. The summed E-state index contributed by atoms with van der Waals surface area (Å²) in [5, 5.41) is 6.36. The highest BCUT2D eigenvalue weighted by atomic mass is 32.2. The first-order valence-electron chi connectivity index (χ1n) is 6.82. The molecule has 2 aromatic rings. The van der Waals surface area contributed by atoms with Gasteiger partial charge in [-0.3, -0.25) is 4.79 Å². The van der Waals surface area contributed by atoms with Crippen LogP contribution in [0.2, 0.25) is 0 Å². The van der Waals surface area contributed by atoms with Crippen LogP contribution < -0.4 is 5.32 Å². The van der Waals surface area contributed by atoms with E-state index in [2.05, 4.69) is 9.69 Å². The van der Waals surface area contributed by atoms with E-state index in [1.807, 2.05) is 0 Å². The molecule has 0 saturated carbocycles. The van der Waals surface area contributed by atoms with Gasteiger partial charge in [0.2, 0.25) is 0 Å². The molecule has 3 rings (SSSR count). The van der Waals surface area contributed by atoms with Crippen LogP contribution in [0, 0.1) is 0 Å². The lowest BCUT2D eigenvalue weighted by Crippen LogP contribution is -2.49. The van der Waals surface area contributed by atoms with Gasteiger partial charge in [-0.15, -0.1) is 11.3 Å². The normalized spacial score (nSPS) is 19.9. The lowest BCUT2D eigenvalue weighted by atomic mass is 10.1. The molecule has 1 amide bonds. The molecule has 1 aliphatic rings. The highest BCUT2D eigenvalue weighted by molar-refractivity contribution is 7.91.